The fourth-order valence-electron chi connectivity index (χ4n) is 3.42. The topological polar surface area (TPSA) is 85.6 Å². The molecular weight excluding hydrogens is 471 g/mol. The van der Waals surface area contributed by atoms with E-state index in [9.17, 15) is 0 Å². The number of aliphatic imine (C=N–C) groups is 1. The van der Waals surface area contributed by atoms with Crippen LogP contribution in [-0.2, 0) is 23.1 Å². The van der Waals surface area contributed by atoms with Gasteiger partial charge in [-0.15, -0.1) is 34.2 Å². The maximum atomic E-state index is 6.09. The van der Waals surface area contributed by atoms with E-state index in [2.05, 4.69) is 46.6 Å². The molecule has 0 radical (unpaired) electrons. The summed E-state index contributed by atoms with van der Waals surface area (Å²) in [5.74, 6) is 2.96. The average Bonchev–Trinajstić information content (AvgIpc) is 2.95. The first-order chi connectivity index (χ1) is 12.8. The number of guanidine groups is 1. The van der Waals surface area contributed by atoms with Crippen LogP contribution < -0.4 is 10.6 Å². The lowest BCUT2D eigenvalue weighted by Gasteiger charge is -2.40. The number of hydrogen-bond donors (Lipinski definition) is 2. The van der Waals surface area contributed by atoms with E-state index in [0.29, 0.717) is 25.6 Å². The number of methoxy groups -OCH3 is 1. The quantitative estimate of drug-likeness (QED) is 0.255. The molecule has 8 nitrogen and oxygen atoms in total. The number of aromatic nitrogens is 3. The van der Waals surface area contributed by atoms with E-state index in [1.165, 1.54) is 6.42 Å². The number of halogens is 1. The Bertz CT molecular complexity index is 614. The molecule has 1 aromatic heterocycles. The SMILES string of the molecule is COCCNC(=NCc1nnc(C)n1C)NCC1CCCOC1C(C)(C)C.I. The van der Waals surface area contributed by atoms with Crippen LogP contribution in [0.4, 0.5) is 0 Å². The number of hydrogen-bond acceptors (Lipinski definition) is 5. The van der Waals surface area contributed by atoms with Crippen molar-refractivity contribution in [3.05, 3.63) is 11.6 Å². The first-order valence-electron chi connectivity index (χ1n) is 9.80. The normalized spacial score (nSPS) is 20.6. The van der Waals surface area contributed by atoms with Gasteiger partial charge in [-0.3, -0.25) is 0 Å². The molecule has 1 aromatic rings. The van der Waals surface area contributed by atoms with Gasteiger partial charge in [0.2, 0.25) is 0 Å². The molecule has 1 aliphatic rings. The first kappa shape index (κ1) is 25.1. The molecule has 162 valence electrons. The summed E-state index contributed by atoms with van der Waals surface area (Å²) in [6, 6.07) is 0. The van der Waals surface area contributed by atoms with Gasteiger partial charge in [0.1, 0.15) is 12.4 Å². The van der Waals surface area contributed by atoms with E-state index in [0.717, 1.165) is 37.2 Å². The Kier molecular flexibility index (Phi) is 10.7. The molecule has 0 aliphatic carbocycles. The Morgan fingerprint density at radius 3 is 2.68 bits per heavy atom. The number of aryl methyl sites for hydroxylation is 1. The van der Waals surface area contributed by atoms with Crippen LogP contribution in [-0.4, -0.2) is 60.2 Å². The summed E-state index contributed by atoms with van der Waals surface area (Å²) in [7, 11) is 3.65. The van der Waals surface area contributed by atoms with E-state index in [1.807, 2.05) is 18.5 Å². The van der Waals surface area contributed by atoms with Gasteiger partial charge in [0.05, 0.1) is 12.7 Å². The second-order valence-electron chi connectivity index (χ2n) is 8.25. The summed E-state index contributed by atoms with van der Waals surface area (Å²) in [5.41, 5.74) is 0.129. The largest absolute Gasteiger partial charge is 0.383 e. The fourth-order valence-corrected chi connectivity index (χ4v) is 3.42. The maximum absolute atomic E-state index is 6.09. The van der Waals surface area contributed by atoms with Crippen molar-refractivity contribution in [1.82, 2.24) is 25.4 Å². The van der Waals surface area contributed by atoms with Crippen molar-refractivity contribution in [2.75, 3.05) is 33.4 Å². The van der Waals surface area contributed by atoms with Crippen LogP contribution >= 0.6 is 24.0 Å². The van der Waals surface area contributed by atoms with Crippen LogP contribution in [0.15, 0.2) is 4.99 Å². The van der Waals surface area contributed by atoms with Gasteiger partial charge in [-0.25, -0.2) is 4.99 Å². The Morgan fingerprint density at radius 2 is 2.07 bits per heavy atom. The summed E-state index contributed by atoms with van der Waals surface area (Å²) in [5, 5.41) is 15.1. The van der Waals surface area contributed by atoms with Crippen LogP contribution in [0.1, 0.15) is 45.3 Å². The molecule has 0 saturated carbocycles. The standard InChI is InChI=1S/C19H36N6O2.HI/c1-14-23-24-16(25(14)5)13-22-18(20-9-11-26-6)21-12-15-8-7-10-27-17(15)19(2,3)4;/h15,17H,7-13H2,1-6H3,(H2,20,21,22);1H. The molecular formula is C19H37IN6O2. The number of ether oxygens (including phenoxy) is 2. The molecule has 28 heavy (non-hydrogen) atoms. The maximum Gasteiger partial charge on any atom is 0.191 e. The summed E-state index contributed by atoms with van der Waals surface area (Å²) in [6.07, 6.45) is 2.53. The van der Waals surface area contributed by atoms with Crippen molar-refractivity contribution in [1.29, 1.82) is 0 Å². The lowest BCUT2D eigenvalue weighted by molar-refractivity contribution is -0.0835. The van der Waals surface area contributed by atoms with Gasteiger partial charge in [-0.05, 0) is 25.2 Å². The lowest BCUT2D eigenvalue weighted by atomic mass is 9.78. The van der Waals surface area contributed by atoms with E-state index < -0.39 is 0 Å². The monoisotopic (exact) mass is 508 g/mol. The number of nitrogens with zero attached hydrogens (tertiary/aromatic N) is 4. The third-order valence-corrected chi connectivity index (χ3v) is 4.99. The van der Waals surface area contributed by atoms with Crippen LogP contribution in [0.25, 0.3) is 0 Å². The minimum Gasteiger partial charge on any atom is -0.383 e. The van der Waals surface area contributed by atoms with Gasteiger partial charge in [-0.2, -0.15) is 0 Å². The van der Waals surface area contributed by atoms with E-state index in [1.54, 1.807) is 7.11 Å². The fraction of sp³-hybridized carbons (Fsp3) is 0.842. The first-order valence-corrected chi connectivity index (χ1v) is 9.80. The van der Waals surface area contributed by atoms with Crippen LogP contribution in [0.5, 0.6) is 0 Å². The second kappa shape index (κ2) is 11.9. The molecule has 0 spiro atoms. The molecule has 2 N–H and O–H groups in total. The van der Waals surface area contributed by atoms with Crippen molar-refractivity contribution < 1.29 is 9.47 Å². The summed E-state index contributed by atoms with van der Waals surface area (Å²) < 4.78 is 13.2. The number of rotatable bonds is 7. The second-order valence-corrected chi connectivity index (χ2v) is 8.25. The van der Waals surface area contributed by atoms with Gasteiger partial charge < -0.3 is 24.7 Å². The average molecular weight is 508 g/mol. The Labute approximate surface area is 186 Å². The van der Waals surface area contributed by atoms with Crippen LogP contribution in [0, 0.1) is 18.3 Å². The zero-order valence-corrected chi connectivity index (χ0v) is 20.4. The van der Waals surface area contributed by atoms with Crippen molar-refractivity contribution in [2.45, 2.75) is 53.2 Å². The minimum atomic E-state index is 0. The van der Waals surface area contributed by atoms with E-state index in [4.69, 9.17) is 9.47 Å². The predicted octanol–water partition coefficient (Wildman–Crippen LogP) is 2.26. The highest BCUT2D eigenvalue weighted by Gasteiger charge is 2.35. The lowest BCUT2D eigenvalue weighted by Crippen LogP contribution is -2.48. The molecule has 0 aromatic carbocycles. The van der Waals surface area contributed by atoms with E-state index >= 15 is 0 Å². The molecule has 1 saturated heterocycles. The third-order valence-electron chi connectivity index (χ3n) is 4.99. The van der Waals surface area contributed by atoms with Gasteiger partial charge in [0.25, 0.3) is 0 Å². The predicted molar refractivity (Wildman–Crippen MR) is 122 cm³/mol. The van der Waals surface area contributed by atoms with Crippen LogP contribution in [0.3, 0.4) is 0 Å². The molecule has 2 unspecified atom stereocenters. The molecule has 9 heteroatoms. The van der Waals surface area contributed by atoms with Crippen molar-refractivity contribution in [3.8, 4) is 0 Å². The third kappa shape index (κ3) is 7.47. The Morgan fingerprint density at radius 1 is 1.32 bits per heavy atom. The molecule has 1 fully saturated rings. The minimum absolute atomic E-state index is 0. The Hall–Kier alpha value is -0.940. The highest BCUT2D eigenvalue weighted by Crippen LogP contribution is 2.33. The molecule has 2 atom stereocenters. The summed E-state index contributed by atoms with van der Waals surface area (Å²) in [4.78, 5) is 4.69. The van der Waals surface area contributed by atoms with Crippen molar-refractivity contribution in [2.24, 2.45) is 23.4 Å². The van der Waals surface area contributed by atoms with E-state index in [-0.39, 0.29) is 35.5 Å². The zero-order valence-electron chi connectivity index (χ0n) is 18.1. The Balaban J connectivity index is 0.00000392. The summed E-state index contributed by atoms with van der Waals surface area (Å²) >= 11 is 0. The molecule has 0 bridgehead atoms. The highest BCUT2D eigenvalue weighted by atomic mass is 127. The molecule has 2 heterocycles. The zero-order chi connectivity index (χ0) is 19.9. The van der Waals surface area contributed by atoms with Gasteiger partial charge in [-0.1, -0.05) is 20.8 Å². The molecule has 1 aliphatic heterocycles. The van der Waals surface area contributed by atoms with Gasteiger partial charge in [0.15, 0.2) is 11.8 Å². The molecule has 2 rings (SSSR count). The van der Waals surface area contributed by atoms with Gasteiger partial charge >= 0.3 is 0 Å². The highest BCUT2D eigenvalue weighted by molar-refractivity contribution is 14.0. The van der Waals surface area contributed by atoms with Crippen LogP contribution in [0.2, 0.25) is 0 Å². The van der Waals surface area contributed by atoms with Crippen molar-refractivity contribution >= 4 is 29.9 Å². The van der Waals surface area contributed by atoms with Gasteiger partial charge in [0, 0.05) is 39.8 Å². The smallest absolute Gasteiger partial charge is 0.191 e. The summed E-state index contributed by atoms with van der Waals surface area (Å²) in [6.45, 7) is 12.2. The van der Waals surface area contributed by atoms with Crippen molar-refractivity contribution in [3.63, 3.8) is 0 Å². The molecule has 0 amide bonds. The number of nitrogens with one attached hydrogen (secondary N) is 2.